The van der Waals surface area contributed by atoms with E-state index in [2.05, 4.69) is 26.5 Å². The molecule has 0 aliphatic carbocycles. The molecule has 7 heteroatoms. The number of nitrogens with zero attached hydrogens (tertiary/aromatic N) is 1. The number of phenols is 1. The van der Waals surface area contributed by atoms with E-state index in [0.29, 0.717) is 28.1 Å². The maximum absolute atomic E-state index is 12.0. The van der Waals surface area contributed by atoms with Crippen LogP contribution < -0.4 is 14.9 Å². The van der Waals surface area contributed by atoms with Gasteiger partial charge in [0.15, 0.2) is 18.1 Å². The van der Waals surface area contributed by atoms with E-state index in [1.54, 1.807) is 12.1 Å². The molecule has 1 amide bonds. The average Bonchev–Trinajstić information content (AvgIpc) is 2.77. The Hall–Kier alpha value is -3.32. The van der Waals surface area contributed by atoms with Gasteiger partial charge in [-0.15, -0.1) is 0 Å². The molecule has 0 aliphatic rings. The molecular weight excluding hydrogens is 448 g/mol. The van der Waals surface area contributed by atoms with Gasteiger partial charge in [-0.3, -0.25) is 4.79 Å². The smallest absolute Gasteiger partial charge is 0.277 e. The molecule has 0 saturated heterocycles. The van der Waals surface area contributed by atoms with Crippen LogP contribution in [0.25, 0.3) is 11.1 Å². The molecule has 0 saturated carbocycles. The van der Waals surface area contributed by atoms with Gasteiger partial charge in [0.25, 0.3) is 5.91 Å². The Balaban J connectivity index is 1.51. The second-order valence-electron chi connectivity index (χ2n) is 6.25. The highest BCUT2D eigenvalue weighted by atomic mass is 79.9. The zero-order valence-electron chi connectivity index (χ0n) is 16.3. The van der Waals surface area contributed by atoms with Crippen LogP contribution in [0, 0.1) is 0 Å². The molecule has 0 aromatic heterocycles. The molecule has 6 nitrogen and oxygen atoms in total. The first-order valence-corrected chi connectivity index (χ1v) is 10.1. The highest BCUT2D eigenvalue weighted by Gasteiger charge is 2.08. The SMILES string of the molecule is CCOc1cc(/C=N\NC(=O)COc2ccc(-c3ccccc3)cc2)cc(Br)c1O. The molecule has 3 rings (SSSR count). The molecule has 30 heavy (non-hydrogen) atoms. The van der Waals surface area contributed by atoms with Crippen molar-refractivity contribution in [1.29, 1.82) is 0 Å². The summed E-state index contributed by atoms with van der Waals surface area (Å²) in [5.74, 6) is 0.561. The minimum atomic E-state index is -0.388. The van der Waals surface area contributed by atoms with Crippen molar-refractivity contribution in [3.8, 4) is 28.4 Å². The van der Waals surface area contributed by atoms with E-state index in [1.165, 1.54) is 6.21 Å². The molecule has 0 radical (unpaired) electrons. The van der Waals surface area contributed by atoms with Gasteiger partial charge < -0.3 is 14.6 Å². The second-order valence-corrected chi connectivity index (χ2v) is 7.11. The Morgan fingerprint density at radius 1 is 1.07 bits per heavy atom. The summed E-state index contributed by atoms with van der Waals surface area (Å²) in [6.07, 6.45) is 1.46. The molecule has 0 heterocycles. The number of halogens is 1. The molecule has 0 aliphatic heterocycles. The van der Waals surface area contributed by atoms with E-state index >= 15 is 0 Å². The van der Waals surface area contributed by atoms with E-state index in [9.17, 15) is 9.90 Å². The fourth-order valence-corrected chi connectivity index (χ4v) is 3.13. The number of carbonyl (C=O) groups is 1. The van der Waals surface area contributed by atoms with Crippen LogP contribution in [0.3, 0.4) is 0 Å². The third-order valence-corrected chi connectivity index (χ3v) is 4.69. The zero-order valence-corrected chi connectivity index (χ0v) is 17.9. The Labute approximate surface area is 183 Å². The quantitative estimate of drug-likeness (QED) is 0.369. The predicted octanol–water partition coefficient (Wildman–Crippen LogP) is 4.75. The molecule has 154 valence electrons. The van der Waals surface area contributed by atoms with E-state index in [-0.39, 0.29) is 18.3 Å². The number of phenolic OH excluding ortho intramolecular Hbond substituents is 1. The summed E-state index contributed by atoms with van der Waals surface area (Å²) in [6.45, 7) is 2.08. The minimum absolute atomic E-state index is 0.0183. The van der Waals surface area contributed by atoms with Gasteiger partial charge in [0.2, 0.25) is 0 Å². The third-order valence-electron chi connectivity index (χ3n) is 4.08. The average molecular weight is 469 g/mol. The molecule has 3 aromatic carbocycles. The number of hydrazone groups is 1. The molecule has 0 bridgehead atoms. The number of amides is 1. The van der Waals surface area contributed by atoms with Gasteiger partial charge in [0.1, 0.15) is 5.75 Å². The van der Waals surface area contributed by atoms with Crippen molar-refractivity contribution in [2.24, 2.45) is 5.10 Å². The Morgan fingerprint density at radius 3 is 2.47 bits per heavy atom. The standard InChI is InChI=1S/C23H21BrN2O4/c1-2-29-21-13-16(12-20(24)23(21)28)14-25-26-22(27)15-30-19-10-8-18(9-11-19)17-6-4-3-5-7-17/h3-14,28H,2,15H2,1H3,(H,26,27)/b25-14-. The molecule has 0 atom stereocenters. The fraction of sp³-hybridized carbons (Fsp3) is 0.130. The molecule has 0 fully saturated rings. The lowest BCUT2D eigenvalue weighted by molar-refractivity contribution is -0.123. The van der Waals surface area contributed by atoms with Crippen molar-refractivity contribution >= 4 is 28.1 Å². The maximum Gasteiger partial charge on any atom is 0.277 e. The summed E-state index contributed by atoms with van der Waals surface area (Å²) in [7, 11) is 0. The third kappa shape index (κ3) is 5.84. The fourth-order valence-electron chi connectivity index (χ4n) is 2.67. The summed E-state index contributed by atoms with van der Waals surface area (Å²) in [4.78, 5) is 12.0. The van der Waals surface area contributed by atoms with Gasteiger partial charge in [0, 0.05) is 0 Å². The highest BCUT2D eigenvalue weighted by molar-refractivity contribution is 9.10. The van der Waals surface area contributed by atoms with Crippen LogP contribution in [-0.4, -0.2) is 30.4 Å². The summed E-state index contributed by atoms with van der Waals surface area (Å²) in [5, 5.41) is 13.8. The van der Waals surface area contributed by atoms with Gasteiger partial charge in [-0.25, -0.2) is 5.43 Å². The zero-order chi connectivity index (χ0) is 21.3. The van der Waals surface area contributed by atoms with E-state index in [4.69, 9.17) is 9.47 Å². The van der Waals surface area contributed by atoms with Crippen LogP contribution in [0.4, 0.5) is 0 Å². The summed E-state index contributed by atoms with van der Waals surface area (Å²) in [6, 6.07) is 20.8. The predicted molar refractivity (Wildman–Crippen MR) is 120 cm³/mol. The summed E-state index contributed by atoms with van der Waals surface area (Å²) in [5.41, 5.74) is 5.25. The van der Waals surface area contributed by atoms with Crippen LogP contribution in [-0.2, 0) is 4.79 Å². The van der Waals surface area contributed by atoms with E-state index in [0.717, 1.165) is 11.1 Å². The molecule has 0 spiro atoms. The van der Waals surface area contributed by atoms with Crippen molar-refractivity contribution in [1.82, 2.24) is 5.43 Å². The Kier molecular flexibility index (Phi) is 7.45. The Bertz CT molecular complexity index is 1020. The van der Waals surface area contributed by atoms with Crippen molar-refractivity contribution in [3.05, 3.63) is 76.8 Å². The largest absolute Gasteiger partial charge is 0.503 e. The number of ether oxygens (including phenoxy) is 2. The van der Waals surface area contributed by atoms with Crippen molar-refractivity contribution in [3.63, 3.8) is 0 Å². The van der Waals surface area contributed by atoms with E-state index in [1.807, 2.05) is 61.5 Å². The lowest BCUT2D eigenvalue weighted by Gasteiger charge is -2.08. The van der Waals surface area contributed by atoms with Crippen molar-refractivity contribution in [2.75, 3.05) is 13.2 Å². The molecule has 0 unspecified atom stereocenters. The number of carbonyl (C=O) groups excluding carboxylic acids is 1. The first kappa shape index (κ1) is 21.4. The monoisotopic (exact) mass is 468 g/mol. The summed E-state index contributed by atoms with van der Waals surface area (Å²) >= 11 is 3.26. The number of benzene rings is 3. The van der Waals surface area contributed by atoms with Crippen LogP contribution in [0.2, 0.25) is 0 Å². The second kappa shape index (κ2) is 10.5. The number of nitrogens with one attached hydrogen (secondary N) is 1. The highest BCUT2D eigenvalue weighted by Crippen LogP contribution is 2.35. The van der Waals surface area contributed by atoms with Crippen molar-refractivity contribution < 1.29 is 19.4 Å². The van der Waals surface area contributed by atoms with Gasteiger partial charge in [-0.2, -0.15) is 5.10 Å². The van der Waals surface area contributed by atoms with Crippen molar-refractivity contribution in [2.45, 2.75) is 6.92 Å². The van der Waals surface area contributed by atoms with Gasteiger partial charge in [-0.1, -0.05) is 42.5 Å². The number of rotatable bonds is 8. The normalized spacial score (nSPS) is 10.7. The summed E-state index contributed by atoms with van der Waals surface area (Å²) < 4.78 is 11.3. The topological polar surface area (TPSA) is 80.2 Å². The molecule has 2 N–H and O–H groups in total. The molecule has 3 aromatic rings. The number of aromatic hydroxyl groups is 1. The van der Waals surface area contributed by atoms with Gasteiger partial charge >= 0.3 is 0 Å². The van der Waals surface area contributed by atoms with Crippen LogP contribution in [0.5, 0.6) is 17.2 Å². The maximum atomic E-state index is 12.0. The number of hydrogen-bond acceptors (Lipinski definition) is 5. The van der Waals surface area contributed by atoms with Crippen LogP contribution in [0.1, 0.15) is 12.5 Å². The first-order valence-electron chi connectivity index (χ1n) is 9.32. The lowest BCUT2D eigenvalue weighted by Crippen LogP contribution is -2.24. The van der Waals surface area contributed by atoms with Gasteiger partial charge in [-0.05, 0) is 63.8 Å². The Morgan fingerprint density at radius 2 is 1.77 bits per heavy atom. The lowest BCUT2D eigenvalue weighted by atomic mass is 10.1. The first-order chi connectivity index (χ1) is 14.6. The molecular formula is C23H21BrN2O4. The number of hydrogen-bond donors (Lipinski definition) is 2. The van der Waals surface area contributed by atoms with Crippen LogP contribution in [0.15, 0.2) is 76.3 Å². The van der Waals surface area contributed by atoms with Crippen LogP contribution >= 0.6 is 15.9 Å². The van der Waals surface area contributed by atoms with E-state index < -0.39 is 0 Å². The van der Waals surface area contributed by atoms with Gasteiger partial charge in [0.05, 0.1) is 17.3 Å². The minimum Gasteiger partial charge on any atom is -0.503 e.